The van der Waals surface area contributed by atoms with Crippen LogP contribution in [-0.4, -0.2) is 15.2 Å². The molecular weight excluding hydrogens is 921 g/mol. The van der Waals surface area contributed by atoms with Crippen molar-refractivity contribution in [2.45, 2.75) is 13.8 Å². The minimum absolute atomic E-state index is 0.178. The first-order valence-electron chi connectivity index (χ1n) is 22.9. The number of imidazole rings is 1. The topological polar surface area (TPSA) is 297 Å². The number of hydrogen-bond donors (Lipinski definition) is 8. The Morgan fingerprint density at radius 2 is 0.822 bits per heavy atom. The van der Waals surface area contributed by atoms with Gasteiger partial charge < -0.3 is 64.8 Å². The van der Waals surface area contributed by atoms with Crippen molar-refractivity contribution in [3.63, 3.8) is 0 Å². The highest BCUT2D eigenvalue weighted by atomic mass is 16.5. The van der Waals surface area contributed by atoms with Crippen molar-refractivity contribution in [3.8, 4) is 46.0 Å². The van der Waals surface area contributed by atoms with E-state index < -0.39 is 0 Å². The van der Waals surface area contributed by atoms with Gasteiger partial charge in [-0.25, -0.2) is 4.98 Å². The molecule has 12 aromatic rings. The van der Waals surface area contributed by atoms with Gasteiger partial charge in [0.15, 0.2) is 5.78 Å². The molecule has 0 aliphatic carbocycles. The average molecular weight is 965 g/mol. The number of carbonyl (C=O) groups is 1. The molecule has 0 unspecified atom stereocenters. The number of rotatable bonds is 10. The summed E-state index contributed by atoms with van der Waals surface area (Å²) in [6.07, 6.45) is 0. The predicted molar refractivity (Wildman–Crippen MR) is 295 cm³/mol. The molecule has 73 heavy (non-hydrogen) atoms. The number of allylic oxidation sites excluding steroid dienone is 1. The standard InChI is InChI=1S/C57H44N10O6/c1-24(2)38-20-44(70-34-12-26(58)8-27(59)13-34)50-52-46(72-36-16-30(62)10-31(63)17-36)22-40-49-41(57(69)67-43-7-5-4-6-42(43)66-56(40)67)23-47(73-37-18-32(64)11-33(65)19-37)53(55(49)52)51-45(21-39(25(3)68)48(38)54(50)51)71-35-14-28(60)9-29(61)15-35/h4-23H,1,58-65H2,2-3H3. The molecule has 358 valence electrons. The first-order valence-corrected chi connectivity index (χ1v) is 22.9. The summed E-state index contributed by atoms with van der Waals surface area (Å²) in [5.74, 6) is 1.69. The van der Waals surface area contributed by atoms with Gasteiger partial charge in [-0.2, -0.15) is 0 Å². The van der Waals surface area contributed by atoms with Crippen molar-refractivity contribution in [3.05, 3.63) is 149 Å². The highest BCUT2D eigenvalue weighted by molar-refractivity contribution is 6.43. The maximum absolute atomic E-state index is 15.5. The number of aromatic nitrogens is 2. The van der Waals surface area contributed by atoms with Gasteiger partial charge in [0, 0.05) is 148 Å². The molecule has 0 amide bonds. The third-order valence-electron chi connectivity index (χ3n) is 13.0. The molecule has 0 saturated carbocycles. The van der Waals surface area contributed by atoms with Gasteiger partial charge in [-0.1, -0.05) is 24.3 Å². The predicted octanol–water partition coefficient (Wildman–Crippen LogP) is 11.6. The molecule has 2 aromatic heterocycles. The fourth-order valence-electron chi connectivity index (χ4n) is 10.3. The first-order chi connectivity index (χ1) is 35.0. The maximum Gasteiger partial charge on any atom is 0.264 e. The Balaban J connectivity index is 1.41. The van der Waals surface area contributed by atoms with Gasteiger partial charge in [-0.05, 0) is 80.1 Å². The van der Waals surface area contributed by atoms with Gasteiger partial charge >= 0.3 is 0 Å². The third-order valence-corrected chi connectivity index (χ3v) is 13.0. The molecule has 0 aliphatic rings. The summed E-state index contributed by atoms with van der Waals surface area (Å²) in [6, 6.07) is 33.9. The van der Waals surface area contributed by atoms with Crippen molar-refractivity contribution in [1.29, 1.82) is 0 Å². The fraction of sp³-hybridized carbons (Fsp3) is 0.0351. The smallest absolute Gasteiger partial charge is 0.264 e. The second-order valence-corrected chi connectivity index (χ2v) is 18.3. The van der Waals surface area contributed by atoms with Crippen LogP contribution in [0.1, 0.15) is 29.8 Å². The van der Waals surface area contributed by atoms with Crippen molar-refractivity contribution >= 4 is 127 Å². The van der Waals surface area contributed by atoms with Gasteiger partial charge in [-0.3, -0.25) is 14.0 Å². The van der Waals surface area contributed by atoms with Gasteiger partial charge in [0.25, 0.3) is 5.56 Å². The first kappa shape index (κ1) is 43.9. The lowest BCUT2D eigenvalue weighted by molar-refractivity contribution is 0.101. The van der Waals surface area contributed by atoms with E-state index in [0.29, 0.717) is 128 Å². The number of nitrogen functional groups attached to an aromatic ring is 8. The largest absolute Gasteiger partial charge is 0.457 e. The number of ketones is 1. The second kappa shape index (κ2) is 15.8. The summed E-state index contributed by atoms with van der Waals surface area (Å²) >= 11 is 0. The average Bonchev–Trinajstić information content (AvgIpc) is 3.70. The van der Waals surface area contributed by atoms with Crippen molar-refractivity contribution < 1.29 is 23.7 Å². The number of para-hydroxylation sites is 2. The summed E-state index contributed by atoms with van der Waals surface area (Å²) in [5.41, 5.74) is 56.4. The highest BCUT2D eigenvalue weighted by Crippen LogP contribution is 2.58. The minimum Gasteiger partial charge on any atom is -0.457 e. The van der Waals surface area contributed by atoms with Crippen molar-refractivity contribution in [1.82, 2.24) is 9.38 Å². The summed E-state index contributed by atoms with van der Waals surface area (Å²) in [6.45, 7) is 7.71. The Hall–Kier alpha value is -10.4. The quantitative estimate of drug-likeness (QED) is 0.0273. The second-order valence-electron chi connectivity index (χ2n) is 18.3. The Labute approximate surface area is 414 Å². The van der Waals surface area contributed by atoms with E-state index in [1.807, 2.05) is 43.3 Å². The molecule has 0 saturated heterocycles. The third kappa shape index (κ3) is 7.03. The van der Waals surface area contributed by atoms with E-state index in [4.69, 9.17) is 69.8 Å². The van der Waals surface area contributed by atoms with Gasteiger partial charge in [-0.15, -0.1) is 0 Å². The molecule has 0 bridgehead atoms. The van der Waals surface area contributed by atoms with Crippen LogP contribution in [0, 0.1) is 0 Å². The lowest BCUT2D eigenvalue weighted by Gasteiger charge is -2.26. The van der Waals surface area contributed by atoms with E-state index >= 15 is 4.79 Å². The lowest BCUT2D eigenvalue weighted by Crippen LogP contribution is -2.14. The monoisotopic (exact) mass is 964 g/mol. The number of ether oxygens (including phenoxy) is 4. The normalized spacial score (nSPS) is 11.8. The molecule has 16 N–H and O–H groups in total. The summed E-state index contributed by atoms with van der Waals surface area (Å²) in [7, 11) is 0. The molecule has 0 atom stereocenters. The Bertz CT molecular complexity index is 4270. The van der Waals surface area contributed by atoms with Crippen molar-refractivity contribution in [2.75, 3.05) is 45.9 Å². The van der Waals surface area contributed by atoms with Crippen LogP contribution in [0.5, 0.6) is 46.0 Å². The SMILES string of the molecule is C=C(C)c1cc(Oc2cc(N)cc(N)c2)c2c3c(Oc4cc(N)cc(N)c4)cc4c5c(cc(Oc6cc(N)cc(N)c6)c(c6c(Oc7cc(N)cc(N)c7)cc(C(C)=O)c1c62)c35)c(=O)n1c2ccccc2nc41. The number of Topliss-reactive ketones (excluding diaryl/α,β-unsaturated/α-hetero) is 1. The molecule has 0 spiro atoms. The van der Waals surface area contributed by atoms with Crippen LogP contribution in [0.4, 0.5) is 45.5 Å². The van der Waals surface area contributed by atoms with Crippen LogP contribution < -0.4 is 70.4 Å². The molecule has 2 heterocycles. The zero-order valence-electron chi connectivity index (χ0n) is 39.2. The zero-order valence-corrected chi connectivity index (χ0v) is 39.2. The number of pyridine rings is 1. The molecule has 0 radical (unpaired) electrons. The molecule has 10 aromatic carbocycles. The van der Waals surface area contributed by atoms with Crippen LogP contribution in [0.15, 0.2) is 133 Å². The van der Waals surface area contributed by atoms with Crippen LogP contribution in [0.25, 0.3) is 76.1 Å². The van der Waals surface area contributed by atoms with E-state index in [2.05, 4.69) is 6.58 Å². The number of carbonyl (C=O) groups excluding carboxylic acids is 1. The number of fused-ring (bicyclic) bond motifs is 6. The molecule has 0 aliphatic heterocycles. The fourth-order valence-corrected chi connectivity index (χ4v) is 10.3. The van der Waals surface area contributed by atoms with E-state index in [-0.39, 0.29) is 62.5 Å². The summed E-state index contributed by atoms with van der Waals surface area (Å²) < 4.78 is 29.6. The van der Waals surface area contributed by atoms with E-state index in [0.717, 1.165) is 0 Å². The number of nitrogens with zero attached hydrogens (tertiary/aromatic N) is 2. The lowest BCUT2D eigenvalue weighted by atomic mass is 9.82. The van der Waals surface area contributed by atoms with E-state index in [1.165, 1.54) is 6.92 Å². The minimum atomic E-state index is -0.387. The number of benzene rings is 10. The summed E-state index contributed by atoms with van der Waals surface area (Å²) in [4.78, 5) is 34.9. The highest BCUT2D eigenvalue weighted by Gasteiger charge is 2.32. The molecule has 12 rings (SSSR count). The van der Waals surface area contributed by atoms with Crippen LogP contribution in [0.3, 0.4) is 0 Å². The summed E-state index contributed by atoms with van der Waals surface area (Å²) in [5, 5.41) is 4.39. The van der Waals surface area contributed by atoms with Crippen LogP contribution in [-0.2, 0) is 0 Å². The molecular formula is C57H44N10O6. The van der Waals surface area contributed by atoms with E-state index in [1.54, 1.807) is 89.3 Å². The number of hydrogen-bond acceptors (Lipinski definition) is 15. The number of nitrogens with two attached hydrogens (primary N) is 8. The Kier molecular flexibility index (Phi) is 9.53. The van der Waals surface area contributed by atoms with Crippen LogP contribution >= 0.6 is 0 Å². The Morgan fingerprint density at radius 3 is 1.23 bits per heavy atom. The van der Waals surface area contributed by atoms with Crippen LogP contribution in [0.2, 0.25) is 0 Å². The Morgan fingerprint density at radius 1 is 0.452 bits per heavy atom. The van der Waals surface area contributed by atoms with Crippen molar-refractivity contribution in [2.24, 2.45) is 0 Å². The number of anilines is 8. The van der Waals surface area contributed by atoms with Gasteiger partial charge in [0.1, 0.15) is 51.6 Å². The molecule has 0 fully saturated rings. The molecule has 16 nitrogen and oxygen atoms in total. The molecule has 16 heteroatoms. The van der Waals surface area contributed by atoms with Gasteiger partial charge in [0.05, 0.1) is 16.4 Å². The van der Waals surface area contributed by atoms with E-state index in [9.17, 15) is 4.79 Å². The zero-order chi connectivity index (χ0) is 50.9. The van der Waals surface area contributed by atoms with Gasteiger partial charge in [0.2, 0.25) is 0 Å². The maximum atomic E-state index is 15.5.